The number of halogens is 1. The second-order valence-electron chi connectivity index (χ2n) is 5.60. The molecule has 0 unspecified atom stereocenters. The van der Waals surface area contributed by atoms with Gasteiger partial charge in [-0.1, -0.05) is 17.7 Å². The molecule has 0 N–H and O–H groups in total. The number of carbonyl (C=O) groups excluding carboxylic acids is 1. The fourth-order valence-electron chi connectivity index (χ4n) is 1.91. The third kappa shape index (κ3) is 3.70. The number of ether oxygens (including phenoxy) is 1. The van der Waals surface area contributed by atoms with Crippen LogP contribution in [0.5, 0.6) is 0 Å². The Morgan fingerprint density at radius 2 is 2.05 bits per heavy atom. The van der Waals surface area contributed by atoms with Crippen molar-refractivity contribution in [2.45, 2.75) is 32.8 Å². The van der Waals surface area contributed by atoms with Gasteiger partial charge in [0.1, 0.15) is 11.3 Å². The van der Waals surface area contributed by atoms with Crippen LogP contribution in [0, 0.1) is 0 Å². The van der Waals surface area contributed by atoms with E-state index in [4.69, 9.17) is 16.3 Å². The lowest BCUT2D eigenvalue weighted by Gasteiger charge is -2.29. The lowest BCUT2D eigenvalue weighted by molar-refractivity contribution is 0.0270. The van der Waals surface area contributed by atoms with Gasteiger partial charge >= 0.3 is 6.09 Å². The zero-order valence-electron chi connectivity index (χ0n) is 11.9. The summed E-state index contributed by atoms with van der Waals surface area (Å²) in [6.45, 7) is 6.66. The van der Waals surface area contributed by atoms with Crippen molar-refractivity contribution in [2.24, 2.45) is 0 Å². The highest BCUT2D eigenvalue weighted by Gasteiger charge is 2.24. The zero-order chi connectivity index (χ0) is 14.8. The van der Waals surface area contributed by atoms with Gasteiger partial charge in [0.2, 0.25) is 0 Å². The van der Waals surface area contributed by atoms with E-state index in [2.05, 4.69) is 9.97 Å². The molecule has 6 heteroatoms. The van der Waals surface area contributed by atoms with E-state index in [1.54, 1.807) is 17.3 Å². The van der Waals surface area contributed by atoms with E-state index < -0.39 is 5.60 Å². The van der Waals surface area contributed by atoms with Crippen LogP contribution in [-0.4, -0.2) is 39.7 Å². The van der Waals surface area contributed by atoms with Gasteiger partial charge in [0, 0.05) is 25.5 Å². The topological polar surface area (TPSA) is 55.3 Å². The van der Waals surface area contributed by atoms with Crippen LogP contribution in [-0.2, 0) is 4.74 Å². The lowest BCUT2D eigenvalue weighted by atomic mass is 10.1. The summed E-state index contributed by atoms with van der Waals surface area (Å²) in [4.78, 5) is 21.9. The standard InChI is InChI=1S/C14H18ClN3O2/c1-14(2,3)20-13(19)18-8-4-10(5-9-18)11-12(15)17-7-6-16-11/h4,6-7H,5,8-9H2,1-3H3. The summed E-state index contributed by atoms with van der Waals surface area (Å²) >= 11 is 6.02. The van der Waals surface area contributed by atoms with Gasteiger partial charge in [-0.3, -0.25) is 4.98 Å². The first-order valence-corrected chi connectivity index (χ1v) is 6.88. The van der Waals surface area contributed by atoms with Crippen molar-refractivity contribution in [3.05, 3.63) is 29.3 Å². The minimum atomic E-state index is -0.477. The third-order valence-corrected chi connectivity index (χ3v) is 3.10. The molecule has 2 rings (SSSR count). The molecular formula is C14H18ClN3O2. The number of aromatic nitrogens is 2. The molecule has 1 aromatic heterocycles. The van der Waals surface area contributed by atoms with Gasteiger partial charge in [-0.15, -0.1) is 0 Å². The third-order valence-electron chi connectivity index (χ3n) is 2.82. The summed E-state index contributed by atoms with van der Waals surface area (Å²) in [5, 5.41) is 0.393. The Balaban J connectivity index is 2.04. The molecule has 0 fully saturated rings. The maximum Gasteiger partial charge on any atom is 0.410 e. The molecule has 108 valence electrons. The largest absolute Gasteiger partial charge is 0.444 e. The molecule has 0 saturated heterocycles. The van der Waals surface area contributed by atoms with Gasteiger partial charge in [-0.05, 0) is 32.8 Å². The second kappa shape index (κ2) is 5.79. The molecule has 0 atom stereocenters. The lowest BCUT2D eigenvalue weighted by Crippen LogP contribution is -2.39. The van der Waals surface area contributed by atoms with Gasteiger partial charge in [-0.25, -0.2) is 9.78 Å². The molecular weight excluding hydrogens is 278 g/mol. The average molecular weight is 296 g/mol. The number of nitrogens with zero attached hydrogens (tertiary/aromatic N) is 3. The van der Waals surface area contributed by atoms with Crippen LogP contribution in [0.1, 0.15) is 32.9 Å². The van der Waals surface area contributed by atoms with Gasteiger partial charge in [-0.2, -0.15) is 0 Å². The molecule has 0 aromatic carbocycles. The van der Waals surface area contributed by atoms with Crippen molar-refractivity contribution in [3.8, 4) is 0 Å². The predicted molar refractivity (Wildman–Crippen MR) is 77.4 cm³/mol. The maximum absolute atomic E-state index is 11.9. The van der Waals surface area contributed by atoms with Crippen LogP contribution in [0.3, 0.4) is 0 Å². The number of hydrogen-bond acceptors (Lipinski definition) is 4. The summed E-state index contributed by atoms with van der Waals surface area (Å²) in [7, 11) is 0. The van der Waals surface area contributed by atoms with E-state index in [9.17, 15) is 4.79 Å². The van der Waals surface area contributed by atoms with Crippen molar-refractivity contribution in [2.75, 3.05) is 13.1 Å². The first-order chi connectivity index (χ1) is 9.37. The molecule has 0 radical (unpaired) electrons. The SMILES string of the molecule is CC(C)(C)OC(=O)N1CC=C(c2nccnc2Cl)CC1. The van der Waals surface area contributed by atoms with Gasteiger partial charge in [0.15, 0.2) is 5.15 Å². The van der Waals surface area contributed by atoms with Gasteiger partial charge < -0.3 is 9.64 Å². The molecule has 0 spiro atoms. The van der Waals surface area contributed by atoms with Gasteiger partial charge in [0.25, 0.3) is 0 Å². The monoisotopic (exact) mass is 295 g/mol. The molecule has 0 saturated carbocycles. The van der Waals surface area contributed by atoms with Crippen molar-refractivity contribution in [1.29, 1.82) is 0 Å². The first-order valence-electron chi connectivity index (χ1n) is 6.50. The molecule has 1 aliphatic heterocycles. The molecule has 20 heavy (non-hydrogen) atoms. The Morgan fingerprint density at radius 3 is 2.60 bits per heavy atom. The number of hydrogen-bond donors (Lipinski definition) is 0. The maximum atomic E-state index is 11.9. The van der Waals surface area contributed by atoms with E-state index in [0.29, 0.717) is 30.4 Å². The van der Waals surface area contributed by atoms with Crippen LogP contribution in [0.25, 0.3) is 5.57 Å². The molecule has 1 amide bonds. The van der Waals surface area contributed by atoms with Crippen LogP contribution in [0.2, 0.25) is 5.15 Å². The van der Waals surface area contributed by atoms with Crippen LogP contribution < -0.4 is 0 Å². The summed E-state index contributed by atoms with van der Waals surface area (Å²) in [5.41, 5.74) is 1.23. The number of amides is 1. The first kappa shape index (κ1) is 14.8. The molecule has 5 nitrogen and oxygen atoms in total. The van der Waals surface area contributed by atoms with E-state index in [-0.39, 0.29) is 6.09 Å². The molecule has 0 bridgehead atoms. The normalized spacial score (nSPS) is 15.8. The molecule has 1 aliphatic rings. The summed E-state index contributed by atoms with van der Waals surface area (Å²) in [5.74, 6) is 0. The second-order valence-corrected chi connectivity index (χ2v) is 5.96. The van der Waals surface area contributed by atoms with E-state index in [1.807, 2.05) is 26.8 Å². The predicted octanol–water partition coefficient (Wildman–Crippen LogP) is 3.15. The van der Waals surface area contributed by atoms with Gasteiger partial charge in [0.05, 0.1) is 0 Å². The van der Waals surface area contributed by atoms with Crippen molar-refractivity contribution in [3.63, 3.8) is 0 Å². The van der Waals surface area contributed by atoms with E-state index in [1.165, 1.54) is 0 Å². The van der Waals surface area contributed by atoms with Crippen molar-refractivity contribution >= 4 is 23.3 Å². The van der Waals surface area contributed by atoms with Crippen molar-refractivity contribution in [1.82, 2.24) is 14.9 Å². The summed E-state index contributed by atoms with van der Waals surface area (Å²) in [6.07, 6.45) is 5.52. The molecule has 0 aliphatic carbocycles. The Morgan fingerprint density at radius 1 is 1.35 bits per heavy atom. The Hall–Kier alpha value is -1.62. The highest BCUT2D eigenvalue weighted by Crippen LogP contribution is 2.25. The summed E-state index contributed by atoms with van der Waals surface area (Å²) < 4.78 is 5.35. The highest BCUT2D eigenvalue weighted by atomic mass is 35.5. The van der Waals surface area contributed by atoms with E-state index in [0.717, 1.165) is 5.57 Å². The minimum absolute atomic E-state index is 0.293. The fourth-order valence-corrected chi connectivity index (χ4v) is 2.14. The van der Waals surface area contributed by atoms with Crippen molar-refractivity contribution < 1.29 is 9.53 Å². The zero-order valence-corrected chi connectivity index (χ0v) is 12.6. The fraction of sp³-hybridized carbons (Fsp3) is 0.500. The quantitative estimate of drug-likeness (QED) is 0.798. The Labute approximate surface area is 123 Å². The Bertz CT molecular complexity index is 537. The van der Waals surface area contributed by atoms with E-state index >= 15 is 0 Å². The molecule has 2 heterocycles. The Kier molecular flexibility index (Phi) is 4.28. The molecule has 1 aromatic rings. The van der Waals surface area contributed by atoms with Crippen LogP contribution >= 0.6 is 11.6 Å². The van der Waals surface area contributed by atoms with Crippen LogP contribution in [0.4, 0.5) is 4.79 Å². The average Bonchev–Trinajstić information content (AvgIpc) is 2.37. The minimum Gasteiger partial charge on any atom is -0.444 e. The number of rotatable bonds is 1. The highest BCUT2D eigenvalue weighted by molar-refractivity contribution is 6.30. The smallest absolute Gasteiger partial charge is 0.410 e. The number of carbonyl (C=O) groups is 1. The summed E-state index contributed by atoms with van der Waals surface area (Å²) in [6, 6.07) is 0. The van der Waals surface area contributed by atoms with Crippen LogP contribution in [0.15, 0.2) is 18.5 Å².